The molecule has 2 heterocycles. The second kappa shape index (κ2) is 5.76. The Bertz CT molecular complexity index is 577. The Morgan fingerprint density at radius 2 is 2.11 bits per heavy atom. The summed E-state index contributed by atoms with van der Waals surface area (Å²) in [6.45, 7) is 1.20. The SMILES string of the molecule is COC(=O)c1sc(Cl)cc1S(=O)(=O)N1CCOCC1. The quantitative estimate of drug-likeness (QED) is 0.781. The van der Waals surface area contributed by atoms with Gasteiger partial charge in [0, 0.05) is 13.1 Å². The number of rotatable bonds is 3. The van der Waals surface area contributed by atoms with Gasteiger partial charge in [0.1, 0.15) is 9.77 Å². The predicted octanol–water partition coefficient (Wildman–Crippen LogP) is 1.21. The minimum absolute atomic E-state index is 0.000933. The van der Waals surface area contributed by atoms with Gasteiger partial charge in [-0.15, -0.1) is 11.3 Å². The van der Waals surface area contributed by atoms with Crippen molar-refractivity contribution in [3.8, 4) is 0 Å². The summed E-state index contributed by atoms with van der Waals surface area (Å²) in [5.74, 6) is -0.705. The van der Waals surface area contributed by atoms with Crippen molar-refractivity contribution in [3.05, 3.63) is 15.3 Å². The van der Waals surface area contributed by atoms with Gasteiger partial charge in [-0.3, -0.25) is 0 Å². The highest BCUT2D eigenvalue weighted by Crippen LogP contribution is 2.32. The Labute approximate surface area is 119 Å². The lowest BCUT2D eigenvalue weighted by molar-refractivity contribution is 0.0601. The van der Waals surface area contributed by atoms with Crippen LogP contribution >= 0.6 is 22.9 Å². The molecule has 1 fully saturated rings. The first kappa shape index (κ1) is 14.7. The van der Waals surface area contributed by atoms with E-state index in [1.165, 1.54) is 17.5 Å². The van der Waals surface area contributed by atoms with E-state index in [1.54, 1.807) is 0 Å². The molecule has 0 aliphatic carbocycles. The summed E-state index contributed by atoms with van der Waals surface area (Å²) in [6, 6.07) is 1.28. The van der Waals surface area contributed by atoms with Crippen LogP contribution in [0, 0.1) is 0 Å². The van der Waals surface area contributed by atoms with E-state index in [0.717, 1.165) is 11.3 Å². The molecule has 106 valence electrons. The third kappa shape index (κ3) is 2.92. The fourth-order valence-electron chi connectivity index (χ4n) is 1.70. The summed E-state index contributed by atoms with van der Waals surface area (Å²) in [5.41, 5.74) is 0. The molecular weight excluding hydrogens is 314 g/mol. The first-order valence-electron chi connectivity index (χ1n) is 5.42. The lowest BCUT2D eigenvalue weighted by Crippen LogP contribution is -2.40. The highest BCUT2D eigenvalue weighted by molar-refractivity contribution is 7.89. The number of carbonyl (C=O) groups excluding carboxylic acids is 1. The smallest absolute Gasteiger partial charge is 0.349 e. The summed E-state index contributed by atoms with van der Waals surface area (Å²) < 4.78 is 36.1. The lowest BCUT2D eigenvalue weighted by atomic mass is 10.5. The number of hydrogen-bond donors (Lipinski definition) is 0. The number of halogens is 1. The van der Waals surface area contributed by atoms with E-state index in [0.29, 0.717) is 13.2 Å². The fourth-order valence-corrected chi connectivity index (χ4v) is 4.81. The van der Waals surface area contributed by atoms with E-state index in [-0.39, 0.29) is 27.2 Å². The van der Waals surface area contributed by atoms with Crippen LogP contribution in [0.4, 0.5) is 0 Å². The highest BCUT2D eigenvalue weighted by atomic mass is 35.5. The molecule has 19 heavy (non-hydrogen) atoms. The van der Waals surface area contributed by atoms with Crippen molar-refractivity contribution in [2.45, 2.75) is 4.90 Å². The molecule has 0 radical (unpaired) electrons. The molecule has 0 unspecified atom stereocenters. The van der Waals surface area contributed by atoms with Gasteiger partial charge in [0.15, 0.2) is 0 Å². The van der Waals surface area contributed by atoms with E-state index in [4.69, 9.17) is 16.3 Å². The van der Waals surface area contributed by atoms with Gasteiger partial charge in [-0.25, -0.2) is 13.2 Å². The molecule has 0 amide bonds. The van der Waals surface area contributed by atoms with Crippen molar-refractivity contribution in [1.82, 2.24) is 4.31 Å². The molecule has 1 aliphatic rings. The van der Waals surface area contributed by atoms with Crippen LogP contribution in [0.1, 0.15) is 9.67 Å². The number of sulfonamides is 1. The zero-order valence-electron chi connectivity index (χ0n) is 10.1. The van der Waals surface area contributed by atoms with Crippen LogP contribution in [0.5, 0.6) is 0 Å². The third-order valence-corrected chi connectivity index (χ3v) is 5.92. The molecule has 0 atom stereocenters. The predicted molar refractivity (Wildman–Crippen MR) is 70.2 cm³/mol. The number of hydrogen-bond acceptors (Lipinski definition) is 6. The van der Waals surface area contributed by atoms with Crippen molar-refractivity contribution in [3.63, 3.8) is 0 Å². The molecular formula is C10H12ClNO5S2. The summed E-state index contributed by atoms with van der Waals surface area (Å²) in [7, 11) is -2.55. The summed E-state index contributed by atoms with van der Waals surface area (Å²) in [5, 5.41) is 0. The highest BCUT2D eigenvalue weighted by Gasteiger charge is 2.32. The molecule has 6 nitrogen and oxygen atoms in total. The second-order valence-corrected chi connectivity index (χ2v) is 7.34. The molecule has 2 rings (SSSR count). The molecule has 1 aromatic rings. The Kier molecular flexibility index (Phi) is 4.46. The van der Waals surface area contributed by atoms with Crippen molar-refractivity contribution in [1.29, 1.82) is 0 Å². The Hall–Kier alpha value is -0.670. The average Bonchev–Trinajstić information content (AvgIpc) is 2.81. The van der Waals surface area contributed by atoms with Crippen LogP contribution in [0.2, 0.25) is 4.34 Å². The average molecular weight is 326 g/mol. The van der Waals surface area contributed by atoms with Gasteiger partial charge < -0.3 is 9.47 Å². The summed E-state index contributed by atoms with van der Waals surface area (Å²) in [6.07, 6.45) is 0. The molecule has 0 spiro atoms. The largest absolute Gasteiger partial charge is 0.465 e. The van der Waals surface area contributed by atoms with E-state index in [9.17, 15) is 13.2 Å². The number of thiophene rings is 1. The van der Waals surface area contributed by atoms with Gasteiger partial charge in [-0.1, -0.05) is 11.6 Å². The molecule has 1 aliphatic heterocycles. The Morgan fingerprint density at radius 3 is 2.68 bits per heavy atom. The van der Waals surface area contributed by atoms with Crippen molar-refractivity contribution < 1.29 is 22.7 Å². The maximum absolute atomic E-state index is 12.5. The van der Waals surface area contributed by atoms with Crippen LogP contribution in [-0.2, 0) is 19.5 Å². The minimum Gasteiger partial charge on any atom is -0.465 e. The fraction of sp³-hybridized carbons (Fsp3) is 0.500. The van der Waals surface area contributed by atoms with Crippen LogP contribution in [0.3, 0.4) is 0 Å². The molecule has 1 saturated heterocycles. The van der Waals surface area contributed by atoms with Crippen LogP contribution in [0.15, 0.2) is 11.0 Å². The summed E-state index contributed by atoms with van der Waals surface area (Å²) in [4.78, 5) is 11.5. The molecule has 0 aromatic carbocycles. The zero-order chi connectivity index (χ0) is 14.0. The monoisotopic (exact) mass is 325 g/mol. The molecule has 1 aromatic heterocycles. The van der Waals surface area contributed by atoms with Gasteiger partial charge in [0.25, 0.3) is 0 Å². The maximum Gasteiger partial charge on any atom is 0.349 e. The van der Waals surface area contributed by atoms with Crippen molar-refractivity contribution in [2.24, 2.45) is 0 Å². The topological polar surface area (TPSA) is 72.9 Å². The molecule has 0 bridgehead atoms. The number of methoxy groups -OCH3 is 1. The number of morpholine rings is 1. The van der Waals surface area contributed by atoms with E-state index >= 15 is 0 Å². The zero-order valence-corrected chi connectivity index (χ0v) is 12.5. The Balaban J connectivity index is 2.42. The van der Waals surface area contributed by atoms with Crippen LogP contribution in [-0.4, -0.2) is 52.1 Å². The third-order valence-electron chi connectivity index (χ3n) is 2.63. The van der Waals surface area contributed by atoms with Gasteiger partial charge >= 0.3 is 5.97 Å². The van der Waals surface area contributed by atoms with Gasteiger partial charge in [-0.05, 0) is 6.07 Å². The van der Waals surface area contributed by atoms with Crippen molar-refractivity contribution in [2.75, 3.05) is 33.4 Å². The van der Waals surface area contributed by atoms with Crippen LogP contribution in [0.25, 0.3) is 0 Å². The second-order valence-electron chi connectivity index (χ2n) is 3.75. The first-order chi connectivity index (χ1) is 8.96. The normalized spacial score (nSPS) is 17.4. The first-order valence-corrected chi connectivity index (χ1v) is 8.06. The number of carbonyl (C=O) groups is 1. The van der Waals surface area contributed by atoms with E-state index < -0.39 is 16.0 Å². The van der Waals surface area contributed by atoms with E-state index in [1.807, 2.05) is 0 Å². The number of esters is 1. The standard InChI is InChI=1S/C10H12ClNO5S2/c1-16-10(13)9-7(6-8(11)18-9)19(14,15)12-2-4-17-5-3-12/h6H,2-5H2,1H3. The molecule has 0 N–H and O–H groups in total. The van der Waals surface area contributed by atoms with Gasteiger partial charge in [0.2, 0.25) is 10.0 Å². The van der Waals surface area contributed by atoms with Crippen LogP contribution < -0.4 is 0 Å². The van der Waals surface area contributed by atoms with E-state index in [2.05, 4.69) is 4.74 Å². The van der Waals surface area contributed by atoms with Gasteiger partial charge in [0.05, 0.1) is 24.7 Å². The lowest BCUT2D eigenvalue weighted by Gasteiger charge is -2.25. The van der Waals surface area contributed by atoms with Crippen molar-refractivity contribution >= 4 is 38.9 Å². The molecule has 0 saturated carbocycles. The number of nitrogens with zero attached hydrogens (tertiary/aromatic N) is 1. The number of ether oxygens (including phenoxy) is 2. The Morgan fingerprint density at radius 1 is 1.47 bits per heavy atom. The minimum atomic E-state index is -3.75. The maximum atomic E-state index is 12.5. The molecule has 9 heteroatoms. The summed E-state index contributed by atoms with van der Waals surface area (Å²) >= 11 is 6.71. The van der Waals surface area contributed by atoms with Gasteiger partial charge in [-0.2, -0.15) is 4.31 Å².